The molecule has 6 heteroatoms. The molecule has 0 radical (unpaired) electrons. The minimum absolute atomic E-state index is 0.0294. The molecule has 4 aromatic carbocycles. The van der Waals surface area contributed by atoms with Gasteiger partial charge in [-0.25, -0.2) is 0 Å². The van der Waals surface area contributed by atoms with E-state index in [9.17, 15) is 9.59 Å². The van der Waals surface area contributed by atoms with Crippen molar-refractivity contribution in [1.82, 2.24) is 14.4 Å². The molecule has 6 nitrogen and oxygen atoms in total. The van der Waals surface area contributed by atoms with Crippen molar-refractivity contribution in [2.75, 3.05) is 31.1 Å². The molecule has 0 spiro atoms. The minimum Gasteiger partial charge on any atom is -0.368 e. The number of aromatic nitrogens is 1. The van der Waals surface area contributed by atoms with Gasteiger partial charge in [0.2, 0.25) is 5.91 Å². The Kier molecular flexibility index (Phi) is 7.89. The van der Waals surface area contributed by atoms with E-state index in [0.29, 0.717) is 18.7 Å². The summed E-state index contributed by atoms with van der Waals surface area (Å²) in [5.41, 5.74) is 8.38. The van der Waals surface area contributed by atoms with Crippen molar-refractivity contribution >= 4 is 28.4 Å². The Morgan fingerprint density at radius 1 is 0.826 bits per heavy atom. The molecule has 3 unspecified atom stereocenters. The second-order valence-electron chi connectivity index (χ2n) is 12.9. The Hall–Kier alpha value is -4.84. The van der Waals surface area contributed by atoms with Crippen molar-refractivity contribution in [3.8, 4) is 11.3 Å². The van der Waals surface area contributed by atoms with Gasteiger partial charge < -0.3 is 19.3 Å². The van der Waals surface area contributed by atoms with Crippen LogP contribution in [0.2, 0.25) is 0 Å². The number of nitrogens with zero attached hydrogens (tertiary/aromatic N) is 4. The third-order valence-electron chi connectivity index (χ3n) is 10.2. The largest absolute Gasteiger partial charge is 0.368 e. The van der Waals surface area contributed by atoms with Crippen LogP contribution in [-0.4, -0.2) is 58.4 Å². The van der Waals surface area contributed by atoms with Gasteiger partial charge in [-0.05, 0) is 48.2 Å². The summed E-state index contributed by atoms with van der Waals surface area (Å²) in [4.78, 5) is 35.7. The van der Waals surface area contributed by atoms with Gasteiger partial charge in [0.25, 0.3) is 5.91 Å². The SMILES string of the molecule is CCC(C)C(C(=O)N1CCN(c2ccccc2)CC1)N1C(=O)c2ccccc2C1c1c(-c2ccc(C)cc2)n(C)c2ccccc12. The van der Waals surface area contributed by atoms with Gasteiger partial charge in [-0.15, -0.1) is 0 Å². The molecule has 7 rings (SSSR count). The van der Waals surface area contributed by atoms with Crippen LogP contribution in [0.4, 0.5) is 5.69 Å². The normalized spacial score (nSPS) is 17.8. The average molecular weight is 611 g/mol. The van der Waals surface area contributed by atoms with Crippen molar-refractivity contribution in [3.05, 3.63) is 125 Å². The fraction of sp³-hybridized carbons (Fsp3) is 0.300. The number of carbonyl (C=O) groups excluding carboxylic acids is 2. The third kappa shape index (κ3) is 4.97. The number of piperazine rings is 1. The molecule has 3 atom stereocenters. The molecule has 5 aromatic rings. The number of anilines is 1. The van der Waals surface area contributed by atoms with Gasteiger partial charge in [0.05, 0.1) is 11.7 Å². The lowest BCUT2D eigenvalue weighted by atomic mass is 9.90. The fourth-order valence-electron chi connectivity index (χ4n) is 7.55. The van der Waals surface area contributed by atoms with Crippen molar-refractivity contribution in [3.63, 3.8) is 0 Å². The van der Waals surface area contributed by atoms with Gasteiger partial charge in [0.1, 0.15) is 6.04 Å². The molecule has 2 aliphatic heterocycles. The summed E-state index contributed by atoms with van der Waals surface area (Å²) in [6.45, 7) is 9.13. The van der Waals surface area contributed by atoms with E-state index in [-0.39, 0.29) is 17.7 Å². The van der Waals surface area contributed by atoms with Crippen molar-refractivity contribution in [2.45, 2.75) is 39.3 Å². The number of rotatable bonds is 7. The highest BCUT2D eigenvalue weighted by molar-refractivity contribution is 6.04. The van der Waals surface area contributed by atoms with Crippen LogP contribution in [-0.2, 0) is 11.8 Å². The van der Waals surface area contributed by atoms with Crippen LogP contribution < -0.4 is 4.90 Å². The van der Waals surface area contributed by atoms with Crippen LogP contribution in [0.25, 0.3) is 22.2 Å². The molecule has 46 heavy (non-hydrogen) atoms. The second kappa shape index (κ2) is 12.2. The molecule has 2 amide bonds. The maximum Gasteiger partial charge on any atom is 0.255 e. The number of hydrogen-bond donors (Lipinski definition) is 0. The highest BCUT2D eigenvalue weighted by Gasteiger charge is 2.48. The van der Waals surface area contributed by atoms with Gasteiger partial charge in [-0.1, -0.05) is 105 Å². The molecule has 3 heterocycles. The van der Waals surface area contributed by atoms with Crippen LogP contribution >= 0.6 is 0 Å². The van der Waals surface area contributed by atoms with E-state index < -0.39 is 12.1 Å². The third-order valence-corrected chi connectivity index (χ3v) is 10.2. The zero-order valence-electron chi connectivity index (χ0n) is 27.2. The quantitative estimate of drug-likeness (QED) is 0.192. The molecule has 1 aromatic heterocycles. The van der Waals surface area contributed by atoms with Crippen molar-refractivity contribution in [1.29, 1.82) is 0 Å². The first kappa shape index (κ1) is 29.8. The summed E-state index contributed by atoms with van der Waals surface area (Å²) >= 11 is 0. The number of hydrogen-bond acceptors (Lipinski definition) is 3. The van der Waals surface area contributed by atoms with E-state index in [2.05, 4.69) is 116 Å². The number of carbonyl (C=O) groups is 2. The van der Waals surface area contributed by atoms with Gasteiger partial charge in [-0.3, -0.25) is 9.59 Å². The maximum absolute atomic E-state index is 14.8. The summed E-state index contributed by atoms with van der Waals surface area (Å²) < 4.78 is 2.25. The Balaban J connectivity index is 1.35. The number of benzene rings is 4. The van der Waals surface area contributed by atoms with E-state index in [1.807, 2.05) is 34.1 Å². The molecule has 1 fully saturated rings. The Labute approximate surface area is 271 Å². The first-order chi connectivity index (χ1) is 22.4. The predicted molar refractivity (Wildman–Crippen MR) is 186 cm³/mol. The lowest BCUT2D eigenvalue weighted by Crippen LogP contribution is -2.57. The van der Waals surface area contributed by atoms with E-state index in [1.165, 1.54) is 11.3 Å². The fourth-order valence-corrected chi connectivity index (χ4v) is 7.55. The summed E-state index contributed by atoms with van der Waals surface area (Å²) in [5.74, 6) is -0.0477. The zero-order valence-corrected chi connectivity index (χ0v) is 27.2. The summed E-state index contributed by atoms with van der Waals surface area (Å²) in [6, 6.07) is 34.4. The molecule has 0 N–H and O–H groups in total. The molecular formula is C40H42N4O2. The van der Waals surface area contributed by atoms with Crippen molar-refractivity contribution in [2.24, 2.45) is 13.0 Å². The van der Waals surface area contributed by atoms with Crippen molar-refractivity contribution < 1.29 is 9.59 Å². The highest BCUT2D eigenvalue weighted by atomic mass is 16.2. The van der Waals surface area contributed by atoms with Crippen LogP contribution in [0.5, 0.6) is 0 Å². The number of fused-ring (bicyclic) bond motifs is 2. The number of amides is 2. The number of para-hydroxylation sites is 2. The summed E-state index contributed by atoms with van der Waals surface area (Å²) in [6.07, 6.45) is 0.785. The van der Waals surface area contributed by atoms with E-state index in [1.54, 1.807) is 0 Å². The molecule has 1 saturated heterocycles. The summed E-state index contributed by atoms with van der Waals surface area (Å²) in [7, 11) is 2.11. The van der Waals surface area contributed by atoms with Crippen LogP contribution in [0.1, 0.15) is 53.4 Å². The van der Waals surface area contributed by atoms with E-state index >= 15 is 0 Å². The van der Waals surface area contributed by atoms with Crippen LogP contribution in [0.15, 0.2) is 103 Å². The van der Waals surface area contributed by atoms with Gasteiger partial charge in [-0.2, -0.15) is 0 Å². The number of aryl methyl sites for hydroxylation is 2. The van der Waals surface area contributed by atoms with Crippen LogP contribution in [0.3, 0.4) is 0 Å². The van der Waals surface area contributed by atoms with Gasteiger partial charge in [0.15, 0.2) is 0 Å². The monoisotopic (exact) mass is 610 g/mol. The van der Waals surface area contributed by atoms with Gasteiger partial charge in [0, 0.05) is 60.9 Å². The minimum atomic E-state index is -0.594. The molecule has 0 aliphatic carbocycles. The topological polar surface area (TPSA) is 48.8 Å². The Bertz CT molecular complexity index is 1890. The standard InChI is InChI=1S/C40H42N4O2/c1-5-28(3)36(40(46)43-25-23-42(24-26-43)30-13-7-6-8-14-30)44-38(31-15-9-10-16-32(31)39(44)45)35-33-17-11-12-18-34(33)41(4)37(35)29-21-19-27(2)20-22-29/h6-22,28,36,38H,5,23-26H2,1-4H3. The smallest absolute Gasteiger partial charge is 0.255 e. The predicted octanol–water partition coefficient (Wildman–Crippen LogP) is 7.46. The molecule has 0 saturated carbocycles. The molecular weight excluding hydrogens is 568 g/mol. The first-order valence-electron chi connectivity index (χ1n) is 16.5. The lowest BCUT2D eigenvalue weighted by molar-refractivity contribution is -0.138. The summed E-state index contributed by atoms with van der Waals surface area (Å²) in [5, 5.41) is 1.10. The lowest BCUT2D eigenvalue weighted by Gasteiger charge is -2.42. The Morgan fingerprint density at radius 2 is 1.48 bits per heavy atom. The van der Waals surface area contributed by atoms with Gasteiger partial charge >= 0.3 is 0 Å². The molecule has 2 aliphatic rings. The second-order valence-corrected chi connectivity index (χ2v) is 12.9. The highest BCUT2D eigenvalue weighted by Crippen LogP contribution is 2.48. The van der Waals surface area contributed by atoms with E-state index in [4.69, 9.17) is 0 Å². The zero-order chi connectivity index (χ0) is 31.9. The Morgan fingerprint density at radius 3 is 2.20 bits per heavy atom. The average Bonchev–Trinajstić information content (AvgIpc) is 3.55. The molecule has 0 bridgehead atoms. The molecule has 234 valence electrons. The maximum atomic E-state index is 14.8. The first-order valence-corrected chi connectivity index (χ1v) is 16.5. The van der Waals surface area contributed by atoms with Crippen LogP contribution in [0, 0.1) is 12.8 Å². The van der Waals surface area contributed by atoms with E-state index in [0.717, 1.165) is 52.8 Å².